The van der Waals surface area contributed by atoms with Crippen LogP contribution in [0.5, 0.6) is 5.75 Å². The summed E-state index contributed by atoms with van der Waals surface area (Å²) >= 11 is 0. The van der Waals surface area contributed by atoms with E-state index in [2.05, 4.69) is 37.3 Å². The van der Waals surface area contributed by atoms with E-state index in [1.807, 2.05) is 0 Å². The van der Waals surface area contributed by atoms with E-state index in [1.165, 1.54) is 24.0 Å². The van der Waals surface area contributed by atoms with E-state index >= 15 is 0 Å². The van der Waals surface area contributed by atoms with Crippen LogP contribution in [-0.2, 0) is 6.42 Å². The van der Waals surface area contributed by atoms with Crippen LogP contribution in [0, 0.1) is 6.92 Å². The molecule has 2 nitrogen and oxygen atoms in total. The highest BCUT2D eigenvalue weighted by Gasteiger charge is 2.12. The van der Waals surface area contributed by atoms with Gasteiger partial charge < -0.3 is 10.5 Å². The first-order valence-corrected chi connectivity index (χ1v) is 6.42. The molecule has 92 valence electrons. The molecule has 1 aromatic carbocycles. The molecule has 1 atom stereocenters. The van der Waals surface area contributed by atoms with Crippen molar-refractivity contribution in [2.75, 3.05) is 6.54 Å². The molecule has 17 heavy (non-hydrogen) atoms. The molecule has 0 amide bonds. The third-order valence-corrected chi connectivity index (χ3v) is 3.12. The standard InChI is InChI=1S/C15H21NO/c1-12-7-8-15(13(11-12)9-10-16)17-14-5-3-2-4-6-14/h3,5,7-8,11,14H,2,4,6,9-10,16H2,1H3. The van der Waals surface area contributed by atoms with Crippen LogP contribution in [0.15, 0.2) is 30.4 Å². The Bertz CT molecular complexity index is 398. The largest absolute Gasteiger partial charge is 0.486 e. The summed E-state index contributed by atoms with van der Waals surface area (Å²) in [6.07, 6.45) is 9.03. The molecule has 2 rings (SSSR count). The van der Waals surface area contributed by atoms with Gasteiger partial charge in [-0.3, -0.25) is 0 Å². The first kappa shape index (κ1) is 12.2. The highest BCUT2D eigenvalue weighted by Crippen LogP contribution is 2.24. The number of hydrogen-bond donors (Lipinski definition) is 1. The summed E-state index contributed by atoms with van der Waals surface area (Å²) in [5.41, 5.74) is 8.14. The zero-order valence-corrected chi connectivity index (χ0v) is 10.5. The summed E-state index contributed by atoms with van der Waals surface area (Å²) in [5.74, 6) is 0.998. The molecule has 0 saturated carbocycles. The predicted octanol–water partition coefficient (Wildman–Crippen LogP) is 2.98. The van der Waals surface area contributed by atoms with Gasteiger partial charge in [-0.25, -0.2) is 0 Å². The maximum Gasteiger partial charge on any atom is 0.123 e. The van der Waals surface area contributed by atoms with Gasteiger partial charge in [0.2, 0.25) is 0 Å². The zero-order valence-electron chi connectivity index (χ0n) is 10.5. The van der Waals surface area contributed by atoms with Crippen molar-refractivity contribution in [2.24, 2.45) is 5.73 Å². The smallest absolute Gasteiger partial charge is 0.123 e. The highest BCUT2D eigenvalue weighted by molar-refractivity contribution is 5.37. The van der Waals surface area contributed by atoms with Crippen molar-refractivity contribution >= 4 is 0 Å². The third-order valence-electron chi connectivity index (χ3n) is 3.12. The fourth-order valence-corrected chi connectivity index (χ4v) is 2.22. The van der Waals surface area contributed by atoms with Crippen LogP contribution in [0.2, 0.25) is 0 Å². The number of rotatable bonds is 4. The fraction of sp³-hybridized carbons (Fsp3) is 0.467. The number of allylic oxidation sites excluding steroid dienone is 1. The Kier molecular flexibility index (Phi) is 4.21. The summed E-state index contributed by atoms with van der Waals surface area (Å²) in [7, 11) is 0. The highest BCUT2D eigenvalue weighted by atomic mass is 16.5. The molecule has 0 aliphatic heterocycles. The first-order valence-electron chi connectivity index (χ1n) is 6.42. The van der Waals surface area contributed by atoms with E-state index in [9.17, 15) is 0 Å². The van der Waals surface area contributed by atoms with Gasteiger partial charge in [0, 0.05) is 0 Å². The molecule has 0 spiro atoms. The van der Waals surface area contributed by atoms with Crippen molar-refractivity contribution in [2.45, 2.75) is 38.7 Å². The van der Waals surface area contributed by atoms with Crippen molar-refractivity contribution < 1.29 is 4.74 Å². The Balaban J connectivity index is 2.13. The SMILES string of the molecule is Cc1ccc(OC2C=CCCC2)c(CCN)c1. The van der Waals surface area contributed by atoms with E-state index in [-0.39, 0.29) is 6.10 Å². The van der Waals surface area contributed by atoms with Crippen molar-refractivity contribution in [1.82, 2.24) is 0 Å². The predicted molar refractivity (Wildman–Crippen MR) is 71.3 cm³/mol. The second-order valence-electron chi connectivity index (χ2n) is 4.67. The molecule has 0 saturated heterocycles. The minimum Gasteiger partial charge on any atom is -0.486 e. The Hall–Kier alpha value is -1.28. The van der Waals surface area contributed by atoms with Crippen LogP contribution in [-0.4, -0.2) is 12.6 Å². The summed E-state index contributed by atoms with van der Waals surface area (Å²) in [6.45, 7) is 2.77. The summed E-state index contributed by atoms with van der Waals surface area (Å²) in [6, 6.07) is 6.35. The lowest BCUT2D eigenvalue weighted by Gasteiger charge is -2.20. The molecule has 1 aliphatic carbocycles. The van der Waals surface area contributed by atoms with Gasteiger partial charge in [-0.1, -0.05) is 23.8 Å². The first-order chi connectivity index (χ1) is 8.29. The van der Waals surface area contributed by atoms with Gasteiger partial charge in [0.25, 0.3) is 0 Å². The quantitative estimate of drug-likeness (QED) is 0.808. The topological polar surface area (TPSA) is 35.2 Å². The molecule has 2 N–H and O–H groups in total. The fourth-order valence-electron chi connectivity index (χ4n) is 2.22. The number of ether oxygens (including phenoxy) is 1. The summed E-state index contributed by atoms with van der Waals surface area (Å²) < 4.78 is 6.05. The maximum atomic E-state index is 6.05. The molecule has 0 fully saturated rings. The number of hydrogen-bond acceptors (Lipinski definition) is 2. The van der Waals surface area contributed by atoms with Gasteiger partial charge in [-0.2, -0.15) is 0 Å². The van der Waals surface area contributed by atoms with Crippen LogP contribution >= 0.6 is 0 Å². The van der Waals surface area contributed by atoms with Gasteiger partial charge in [-0.15, -0.1) is 0 Å². The van der Waals surface area contributed by atoms with E-state index in [0.29, 0.717) is 6.54 Å². The van der Waals surface area contributed by atoms with E-state index in [1.54, 1.807) is 0 Å². The molecule has 0 heterocycles. The monoisotopic (exact) mass is 231 g/mol. The second kappa shape index (κ2) is 5.87. The van der Waals surface area contributed by atoms with Crippen molar-refractivity contribution in [1.29, 1.82) is 0 Å². The van der Waals surface area contributed by atoms with Crippen molar-refractivity contribution in [3.63, 3.8) is 0 Å². The summed E-state index contributed by atoms with van der Waals surface area (Å²) in [4.78, 5) is 0. The van der Waals surface area contributed by atoms with Gasteiger partial charge in [0.15, 0.2) is 0 Å². The van der Waals surface area contributed by atoms with Crippen LogP contribution in [0.1, 0.15) is 30.4 Å². The Labute approximate surface area is 103 Å². The van der Waals surface area contributed by atoms with E-state index < -0.39 is 0 Å². The lowest BCUT2D eigenvalue weighted by atomic mass is 10.0. The van der Waals surface area contributed by atoms with Crippen molar-refractivity contribution in [3.8, 4) is 5.75 Å². The van der Waals surface area contributed by atoms with Crippen LogP contribution in [0.4, 0.5) is 0 Å². The number of aryl methyl sites for hydroxylation is 1. The normalized spacial score (nSPS) is 19.3. The Morgan fingerprint density at radius 2 is 2.29 bits per heavy atom. The molecule has 1 aromatic rings. The Morgan fingerprint density at radius 3 is 3.00 bits per heavy atom. The Morgan fingerprint density at radius 1 is 1.41 bits per heavy atom. The molecule has 1 unspecified atom stereocenters. The molecule has 0 aromatic heterocycles. The maximum absolute atomic E-state index is 6.05. The van der Waals surface area contributed by atoms with Gasteiger partial charge in [0.1, 0.15) is 11.9 Å². The molecule has 0 radical (unpaired) electrons. The summed E-state index contributed by atoms with van der Waals surface area (Å²) in [5, 5.41) is 0. The molecule has 1 aliphatic rings. The third kappa shape index (κ3) is 3.34. The van der Waals surface area contributed by atoms with Crippen LogP contribution in [0.25, 0.3) is 0 Å². The molecular weight excluding hydrogens is 210 g/mol. The minimum absolute atomic E-state index is 0.239. The van der Waals surface area contributed by atoms with E-state index in [4.69, 9.17) is 10.5 Å². The molecular formula is C15H21NO. The van der Waals surface area contributed by atoms with Crippen LogP contribution < -0.4 is 10.5 Å². The second-order valence-corrected chi connectivity index (χ2v) is 4.67. The average molecular weight is 231 g/mol. The lowest BCUT2D eigenvalue weighted by molar-refractivity contribution is 0.227. The molecule has 0 bridgehead atoms. The number of benzene rings is 1. The van der Waals surface area contributed by atoms with Crippen molar-refractivity contribution in [3.05, 3.63) is 41.5 Å². The average Bonchev–Trinajstić information content (AvgIpc) is 2.34. The van der Waals surface area contributed by atoms with Gasteiger partial charge in [0.05, 0.1) is 0 Å². The number of nitrogens with two attached hydrogens (primary N) is 1. The van der Waals surface area contributed by atoms with Gasteiger partial charge >= 0.3 is 0 Å². The van der Waals surface area contributed by atoms with Crippen LogP contribution in [0.3, 0.4) is 0 Å². The van der Waals surface area contributed by atoms with E-state index in [0.717, 1.165) is 18.6 Å². The lowest BCUT2D eigenvalue weighted by Crippen LogP contribution is -2.17. The van der Waals surface area contributed by atoms with Gasteiger partial charge in [-0.05, 0) is 56.9 Å². The minimum atomic E-state index is 0.239. The molecule has 2 heteroatoms. The zero-order chi connectivity index (χ0) is 12.1.